The number of amides is 1. The molecule has 3 N–H and O–H groups in total. The summed E-state index contributed by atoms with van der Waals surface area (Å²) in [5.74, 6) is 0.897. The first-order valence-corrected chi connectivity index (χ1v) is 6.64. The molecular weight excluding hydrogens is 260 g/mol. The van der Waals surface area contributed by atoms with E-state index >= 15 is 0 Å². The van der Waals surface area contributed by atoms with Crippen molar-refractivity contribution in [3.8, 4) is 11.5 Å². The molecule has 0 radical (unpaired) electrons. The van der Waals surface area contributed by atoms with Crippen LogP contribution in [0.3, 0.4) is 0 Å². The number of hydrogen-bond donors (Lipinski definition) is 2. The van der Waals surface area contributed by atoms with E-state index in [4.69, 9.17) is 19.9 Å². The van der Waals surface area contributed by atoms with E-state index in [1.54, 1.807) is 25.3 Å². The van der Waals surface area contributed by atoms with Crippen molar-refractivity contribution in [2.45, 2.75) is 12.5 Å². The van der Waals surface area contributed by atoms with Crippen molar-refractivity contribution in [2.24, 2.45) is 5.73 Å². The van der Waals surface area contributed by atoms with Crippen LogP contribution in [0.1, 0.15) is 16.8 Å². The number of carbonyl (C=O) groups is 1. The zero-order chi connectivity index (χ0) is 14.4. The van der Waals surface area contributed by atoms with Gasteiger partial charge in [-0.15, -0.1) is 0 Å². The summed E-state index contributed by atoms with van der Waals surface area (Å²) in [6, 6.07) is 5.17. The average Bonchev–Trinajstić information content (AvgIpc) is 2.47. The number of para-hydroxylation sites is 1. The zero-order valence-electron chi connectivity index (χ0n) is 11.6. The number of fused-ring (bicyclic) bond motifs is 1. The van der Waals surface area contributed by atoms with Gasteiger partial charge in [0.15, 0.2) is 11.5 Å². The molecule has 2 rings (SSSR count). The Labute approximate surface area is 118 Å². The molecule has 1 atom stereocenters. The molecule has 0 fully saturated rings. The smallest absolute Gasteiger partial charge is 0.255 e. The number of ether oxygens (including phenoxy) is 3. The fraction of sp³-hybridized carbons (Fsp3) is 0.500. The quantitative estimate of drug-likeness (QED) is 0.795. The van der Waals surface area contributed by atoms with Crippen LogP contribution in [0.15, 0.2) is 18.2 Å². The number of hydrogen-bond acceptors (Lipinski definition) is 5. The molecule has 6 heteroatoms. The minimum absolute atomic E-state index is 0.113. The minimum Gasteiger partial charge on any atom is -0.486 e. The topological polar surface area (TPSA) is 82.8 Å². The first kappa shape index (κ1) is 14.6. The Hall–Kier alpha value is -1.79. The number of rotatable bonds is 6. The first-order valence-electron chi connectivity index (χ1n) is 6.64. The van der Waals surface area contributed by atoms with E-state index in [1.165, 1.54) is 0 Å². The summed E-state index contributed by atoms with van der Waals surface area (Å²) >= 11 is 0. The highest BCUT2D eigenvalue weighted by Crippen LogP contribution is 2.33. The fourth-order valence-corrected chi connectivity index (χ4v) is 2.12. The van der Waals surface area contributed by atoms with Crippen molar-refractivity contribution < 1.29 is 19.0 Å². The molecule has 0 spiro atoms. The fourth-order valence-electron chi connectivity index (χ4n) is 2.12. The van der Waals surface area contributed by atoms with Crippen LogP contribution in [0.4, 0.5) is 0 Å². The molecule has 0 saturated heterocycles. The summed E-state index contributed by atoms with van der Waals surface area (Å²) < 4.78 is 16.1. The summed E-state index contributed by atoms with van der Waals surface area (Å²) in [5.41, 5.74) is 6.01. The molecule has 20 heavy (non-hydrogen) atoms. The van der Waals surface area contributed by atoms with Gasteiger partial charge in [-0.25, -0.2) is 0 Å². The van der Waals surface area contributed by atoms with Crippen molar-refractivity contribution in [1.82, 2.24) is 5.32 Å². The molecule has 1 amide bonds. The van der Waals surface area contributed by atoms with Crippen LogP contribution in [0.2, 0.25) is 0 Å². The number of benzene rings is 1. The molecule has 0 saturated carbocycles. The van der Waals surface area contributed by atoms with Crippen LogP contribution in [0.25, 0.3) is 0 Å². The predicted molar refractivity (Wildman–Crippen MR) is 74.2 cm³/mol. The normalized spacial score (nSPS) is 14.7. The second-order valence-electron chi connectivity index (χ2n) is 4.53. The molecule has 0 aromatic heterocycles. The molecule has 0 aliphatic carbocycles. The molecule has 6 nitrogen and oxygen atoms in total. The lowest BCUT2D eigenvalue weighted by molar-refractivity contribution is 0.0883. The maximum atomic E-state index is 12.3. The molecular formula is C14H20N2O4. The van der Waals surface area contributed by atoms with Crippen LogP contribution >= 0.6 is 0 Å². The van der Waals surface area contributed by atoms with Crippen LogP contribution in [-0.4, -0.2) is 45.4 Å². The monoisotopic (exact) mass is 280 g/mol. The second-order valence-corrected chi connectivity index (χ2v) is 4.53. The van der Waals surface area contributed by atoms with Gasteiger partial charge < -0.3 is 25.3 Å². The van der Waals surface area contributed by atoms with E-state index in [0.717, 1.165) is 0 Å². The SMILES string of the molecule is COCC(CCN)NC(=O)c1cccc2c1OCCO2. The highest BCUT2D eigenvalue weighted by molar-refractivity contribution is 5.98. The molecule has 110 valence electrons. The van der Waals surface area contributed by atoms with Crippen molar-refractivity contribution in [1.29, 1.82) is 0 Å². The van der Waals surface area contributed by atoms with Gasteiger partial charge in [0.05, 0.1) is 18.2 Å². The molecule has 1 heterocycles. The summed E-state index contributed by atoms with van der Waals surface area (Å²) in [7, 11) is 1.59. The van der Waals surface area contributed by atoms with Crippen LogP contribution in [-0.2, 0) is 4.74 Å². The van der Waals surface area contributed by atoms with Gasteiger partial charge in [-0.2, -0.15) is 0 Å². The molecule has 1 aromatic carbocycles. The van der Waals surface area contributed by atoms with Gasteiger partial charge in [-0.05, 0) is 25.1 Å². The van der Waals surface area contributed by atoms with E-state index in [2.05, 4.69) is 5.32 Å². The van der Waals surface area contributed by atoms with Gasteiger partial charge in [0.2, 0.25) is 0 Å². The maximum absolute atomic E-state index is 12.3. The molecule has 1 aromatic rings. The Morgan fingerprint density at radius 1 is 1.45 bits per heavy atom. The zero-order valence-corrected chi connectivity index (χ0v) is 11.6. The Balaban J connectivity index is 2.12. The lowest BCUT2D eigenvalue weighted by atomic mass is 10.1. The standard InChI is InChI=1S/C14H20N2O4/c1-18-9-10(5-6-15)16-14(17)11-3-2-4-12-13(11)20-8-7-19-12/h2-4,10H,5-9,15H2,1H3,(H,16,17). The third kappa shape index (κ3) is 3.40. The van der Waals surface area contributed by atoms with Gasteiger partial charge in [-0.1, -0.05) is 6.07 Å². The third-order valence-electron chi connectivity index (χ3n) is 3.03. The van der Waals surface area contributed by atoms with E-state index in [1.807, 2.05) is 0 Å². The third-order valence-corrected chi connectivity index (χ3v) is 3.03. The predicted octanol–water partition coefficient (Wildman–Crippen LogP) is 0.551. The highest BCUT2D eigenvalue weighted by Gasteiger charge is 2.22. The van der Waals surface area contributed by atoms with E-state index < -0.39 is 0 Å². The average molecular weight is 280 g/mol. The summed E-state index contributed by atoms with van der Waals surface area (Å²) in [5, 5.41) is 2.91. The van der Waals surface area contributed by atoms with Crippen LogP contribution in [0.5, 0.6) is 11.5 Å². The maximum Gasteiger partial charge on any atom is 0.255 e. The van der Waals surface area contributed by atoms with Crippen molar-refractivity contribution in [3.05, 3.63) is 23.8 Å². The van der Waals surface area contributed by atoms with Gasteiger partial charge in [0, 0.05) is 7.11 Å². The van der Waals surface area contributed by atoms with Gasteiger partial charge in [-0.3, -0.25) is 4.79 Å². The molecule has 1 unspecified atom stereocenters. The Bertz CT molecular complexity index is 458. The van der Waals surface area contributed by atoms with E-state index in [0.29, 0.717) is 49.8 Å². The largest absolute Gasteiger partial charge is 0.486 e. The highest BCUT2D eigenvalue weighted by atomic mass is 16.6. The van der Waals surface area contributed by atoms with Crippen molar-refractivity contribution in [2.75, 3.05) is 33.5 Å². The number of carbonyl (C=O) groups excluding carboxylic acids is 1. The number of methoxy groups -OCH3 is 1. The molecule has 1 aliphatic rings. The van der Waals surface area contributed by atoms with Gasteiger partial charge in [0.1, 0.15) is 13.2 Å². The van der Waals surface area contributed by atoms with Crippen LogP contribution < -0.4 is 20.5 Å². The number of nitrogens with two attached hydrogens (primary N) is 1. The lowest BCUT2D eigenvalue weighted by Crippen LogP contribution is -2.39. The van der Waals surface area contributed by atoms with Crippen molar-refractivity contribution in [3.63, 3.8) is 0 Å². The van der Waals surface area contributed by atoms with Crippen LogP contribution in [0, 0.1) is 0 Å². The molecule has 1 aliphatic heterocycles. The van der Waals surface area contributed by atoms with Crippen molar-refractivity contribution >= 4 is 5.91 Å². The molecule has 0 bridgehead atoms. The number of nitrogens with one attached hydrogen (secondary N) is 1. The summed E-state index contributed by atoms with van der Waals surface area (Å²) in [6.07, 6.45) is 0.659. The first-order chi connectivity index (χ1) is 9.76. The Kier molecular flexibility index (Phi) is 5.20. The Morgan fingerprint density at radius 3 is 3.00 bits per heavy atom. The lowest BCUT2D eigenvalue weighted by Gasteiger charge is -2.22. The van der Waals surface area contributed by atoms with Gasteiger partial charge in [0.25, 0.3) is 5.91 Å². The Morgan fingerprint density at radius 2 is 2.25 bits per heavy atom. The minimum atomic E-state index is -0.206. The second kappa shape index (κ2) is 7.12. The van der Waals surface area contributed by atoms with Gasteiger partial charge >= 0.3 is 0 Å². The van der Waals surface area contributed by atoms with E-state index in [9.17, 15) is 4.79 Å². The summed E-state index contributed by atoms with van der Waals surface area (Å²) in [6.45, 7) is 1.86. The summed E-state index contributed by atoms with van der Waals surface area (Å²) in [4.78, 5) is 12.3. The van der Waals surface area contributed by atoms with E-state index in [-0.39, 0.29) is 11.9 Å².